The van der Waals surface area contributed by atoms with Crippen molar-refractivity contribution in [2.45, 2.75) is 38.1 Å². The van der Waals surface area contributed by atoms with Crippen LogP contribution >= 0.6 is 11.8 Å². The third-order valence-electron chi connectivity index (χ3n) is 5.76. The van der Waals surface area contributed by atoms with Gasteiger partial charge in [-0.15, -0.1) is 10.2 Å². The van der Waals surface area contributed by atoms with Crippen LogP contribution in [0.3, 0.4) is 0 Å². The Morgan fingerprint density at radius 1 is 1.14 bits per heavy atom. The van der Waals surface area contributed by atoms with Crippen molar-refractivity contribution in [3.8, 4) is 17.7 Å². The van der Waals surface area contributed by atoms with Crippen LogP contribution in [0.5, 0.6) is 0 Å². The van der Waals surface area contributed by atoms with Gasteiger partial charge in [-0.3, -0.25) is 9.59 Å². The molecule has 1 unspecified atom stereocenters. The van der Waals surface area contributed by atoms with Gasteiger partial charge in [0.25, 0.3) is 16.7 Å². The van der Waals surface area contributed by atoms with Crippen LogP contribution in [-0.2, 0) is 11.3 Å². The quantitative estimate of drug-likeness (QED) is 0.373. The fourth-order valence-electron chi connectivity index (χ4n) is 3.37. The lowest BCUT2D eigenvalue weighted by atomic mass is 9.90. The smallest absolute Gasteiger partial charge is 0.277 e. The van der Waals surface area contributed by atoms with E-state index in [9.17, 15) is 14.9 Å². The van der Waals surface area contributed by atoms with Crippen molar-refractivity contribution in [2.24, 2.45) is 5.92 Å². The van der Waals surface area contributed by atoms with E-state index < -0.39 is 5.54 Å². The lowest BCUT2D eigenvalue weighted by Crippen LogP contribution is -2.49. The van der Waals surface area contributed by atoms with E-state index in [0.717, 1.165) is 17.3 Å². The average molecular weight is 489 g/mol. The van der Waals surface area contributed by atoms with Gasteiger partial charge in [0.05, 0.1) is 23.8 Å². The molecule has 0 saturated carbocycles. The first kappa shape index (κ1) is 24.2. The van der Waals surface area contributed by atoms with Gasteiger partial charge in [0.15, 0.2) is 5.69 Å². The Kier molecular flexibility index (Phi) is 6.98. The molecule has 1 N–H and O–H groups in total. The number of rotatable bonds is 8. The highest BCUT2D eigenvalue weighted by molar-refractivity contribution is 7.99. The first-order valence-corrected chi connectivity index (χ1v) is 12.0. The van der Waals surface area contributed by atoms with E-state index in [0.29, 0.717) is 23.0 Å². The highest BCUT2D eigenvalue weighted by atomic mass is 32.2. The summed E-state index contributed by atoms with van der Waals surface area (Å²) in [6, 6.07) is 18.8. The summed E-state index contributed by atoms with van der Waals surface area (Å²) >= 11 is 1.06. The van der Waals surface area contributed by atoms with Gasteiger partial charge >= 0.3 is 0 Å². The van der Waals surface area contributed by atoms with Gasteiger partial charge < -0.3 is 9.73 Å². The molecular formula is C25H24N6O3S. The van der Waals surface area contributed by atoms with Crippen LogP contribution in [0.4, 0.5) is 0 Å². The number of hydrogen-bond acceptors (Lipinski definition) is 8. The summed E-state index contributed by atoms with van der Waals surface area (Å²) in [4.78, 5) is 25.4. The Labute approximate surface area is 206 Å². The summed E-state index contributed by atoms with van der Waals surface area (Å²) in [5.74, 6) is -0.211. The molecule has 2 aromatic carbocycles. The molecule has 2 heterocycles. The SMILES string of the molecule is CC(C)C(C)(C#N)NC(=O)CSc1nnc(-c2nn(Cc3ccccc3)c(=O)c3ccccc23)o1. The minimum atomic E-state index is -0.965. The molecule has 0 bridgehead atoms. The number of nitrogens with zero attached hydrogens (tertiary/aromatic N) is 5. The van der Waals surface area contributed by atoms with Crippen LogP contribution in [-0.4, -0.2) is 37.2 Å². The molecule has 1 atom stereocenters. The number of thioether (sulfide) groups is 1. The molecule has 0 radical (unpaired) electrons. The Hall–Kier alpha value is -3.97. The molecule has 178 valence electrons. The van der Waals surface area contributed by atoms with E-state index in [-0.39, 0.29) is 34.3 Å². The minimum absolute atomic E-state index is 0.00725. The van der Waals surface area contributed by atoms with E-state index in [4.69, 9.17) is 4.42 Å². The fourth-order valence-corrected chi connectivity index (χ4v) is 3.94. The van der Waals surface area contributed by atoms with Crippen molar-refractivity contribution < 1.29 is 9.21 Å². The Morgan fingerprint density at radius 3 is 2.51 bits per heavy atom. The molecule has 4 aromatic rings. The molecule has 0 aliphatic carbocycles. The maximum Gasteiger partial charge on any atom is 0.277 e. The van der Waals surface area contributed by atoms with Gasteiger partial charge in [-0.2, -0.15) is 10.4 Å². The van der Waals surface area contributed by atoms with Crippen LogP contribution < -0.4 is 10.9 Å². The van der Waals surface area contributed by atoms with Crippen molar-refractivity contribution >= 4 is 28.4 Å². The van der Waals surface area contributed by atoms with E-state index in [1.165, 1.54) is 4.68 Å². The standard InChI is InChI=1S/C25H24N6O3S/c1-16(2)25(3,15-26)27-20(32)14-35-24-29-28-22(34-24)21-18-11-7-8-12-19(18)23(33)31(30-21)13-17-9-5-4-6-10-17/h4-12,16H,13-14H2,1-3H3,(H,27,32). The summed E-state index contributed by atoms with van der Waals surface area (Å²) in [6.45, 7) is 5.72. The molecule has 1 amide bonds. The molecule has 0 aliphatic rings. The molecule has 4 rings (SSSR count). The first-order valence-electron chi connectivity index (χ1n) is 11.0. The number of nitrogens with one attached hydrogen (secondary N) is 1. The first-order chi connectivity index (χ1) is 16.8. The second kappa shape index (κ2) is 10.1. The summed E-state index contributed by atoms with van der Waals surface area (Å²) in [5.41, 5.74) is 0.135. The van der Waals surface area contributed by atoms with Crippen LogP contribution in [0.2, 0.25) is 0 Å². The molecule has 0 saturated heterocycles. The maximum absolute atomic E-state index is 13.0. The lowest BCUT2D eigenvalue weighted by molar-refractivity contribution is -0.120. The fraction of sp³-hybridized carbons (Fsp3) is 0.280. The van der Waals surface area contributed by atoms with Gasteiger partial charge in [0.2, 0.25) is 5.91 Å². The number of benzene rings is 2. The Morgan fingerprint density at radius 2 is 1.83 bits per heavy atom. The number of hydrogen-bond donors (Lipinski definition) is 1. The molecular weight excluding hydrogens is 464 g/mol. The number of carbonyl (C=O) groups excluding carboxylic acids is 1. The Bertz CT molecular complexity index is 1460. The lowest BCUT2D eigenvalue weighted by Gasteiger charge is -2.27. The molecule has 2 aromatic heterocycles. The number of aromatic nitrogens is 4. The molecule has 0 aliphatic heterocycles. The third kappa shape index (κ3) is 5.25. The zero-order chi connectivity index (χ0) is 25.0. The van der Waals surface area contributed by atoms with Crippen molar-refractivity contribution in [1.29, 1.82) is 5.26 Å². The van der Waals surface area contributed by atoms with Gasteiger partial charge in [0, 0.05) is 5.39 Å². The maximum atomic E-state index is 13.0. The predicted molar refractivity (Wildman–Crippen MR) is 133 cm³/mol. The second-order valence-electron chi connectivity index (χ2n) is 8.52. The topological polar surface area (TPSA) is 127 Å². The van der Waals surface area contributed by atoms with Crippen LogP contribution in [0.1, 0.15) is 26.3 Å². The summed E-state index contributed by atoms with van der Waals surface area (Å²) in [6.07, 6.45) is 0. The number of carbonyl (C=O) groups is 1. The predicted octanol–water partition coefficient (Wildman–Crippen LogP) is 3.64. The summed E-state index contributed by atoms with van der Waals surface area (Å²) in [5, 5.41) is 26.1. The van der Waals surface area contributed by atoms with Gasteiger partial charge in [-0.1, -0.05) is 74.1 Å². The number of fused-ring (bicyclic) bond motifs is 1. The van der Waals surface area contributed by atoms with E-state index in [1.54, 1.807) is 25.1 Å². The molecule has 0 fully saturated rings. The highest BCUT2D eigenvalue weighted by Crippen LogP contribution is 2.27. The van der Waals surface area contributed by atoms with E-state index in [1.807, 2.05) is 50.2 Å². The molecule has 35 heavy (non-hydrogen) atoms. The summed E-state index contributed by atoms with van der Waals surface area (Å²) in [7, 11) is 0. The van der Waals surface area contributed by atoms with Crippen molar-refractivity contribution in [1.82, 2.24) is 25.3 Å². The number of amides is 1. The van der Waals surface area contributed by atoms with Crippen molar-refractivity contribution in [3.63, 3.8) is 0 Å². The number of nitriles is 1. The zero-order valence-electron chi connectivity index (χ0n) is 19.6. The second-order valence-corrected chi connectivity index (χ2v) is 9.45. The van der Waals surface area contributed by atoms with Crippen LogP contribution in [0.15, 0.2) is 69.0 Å². The molecule has 10 heteroatoms. The normalized spacial score (nSPS) is 12.9. The van der Waals surface area contributed by atoms with Gasteiger partial charge in [0.1, 0.15) is 5.54 Å². The monoisotopic (exact) mass is 488 g/mol. The molecule has 9 nitrogen and oxygen atoms in total. The van der Waals surface area contributed by atoms with Crippen molar-refractivity contribution in [2.75, 3.05) is 5.75 Å². The van der Waals surface area contributed by atoms with Crippen LogP contribution in [0, 0.1) is 17.2 Å². The van der Waals surface area contributed by atoms with E-state index in [2.05, 4.69) is 26.7 Å². The van der Waals surface area contributed by atoms with Gasteiger partial charge in [-0.25, -0.2) is 4.68 Å². The Balaban J connectivity index is 1.59. The average Bonchev–Trinajstić information content (AvgIpc) is 3.34. The largest absolute Gasteiger partial charge is 0.409 e. The zero-order valence-corrected chi connectivity index (χ0v) is 20.4. The van der Waals surface area contributed by atoms with Gasteiger partial charge in [-0.05, 0) is 24.5 Å². The third-order valence-corrected chi connectivity index (χ3v) is 6.58. The minimum Gasteiger partial charge on any atom is -0.409 e. The molecule has 0 spiro atoms. The highest BCUT2D eigenvalue weighted by Gasteiger charge is 2.30. The van der Waals surface area contributed by atoms with Crippen LogP contribution in [0.25, 0.3) is 22.4 Å². The summed E-state index contributed by atoms with van der Waals surface area (Å²) < 4.78 is 7.18. The van der Waals surface area contributed by atoms with E-state index >= 15 is 0 Å². The van der Waals surface area contributed by atoms with Crippen molar-refractivity contribution in [3.05, 3.63) is 70.5 Å².